The Hall–Kier alpha value is -0.160. The van der Waals surface area contributed by atoms with Gasteiger partial charge in [0.1, 0.15) is 0 Å². The van der Waals surface area contributed by atoms with E-state index in [1.807, 2.05) is 0 Å². The van der Waals surface area contributed by atoms with Crippen molar-refractivity contribution in [3.8, 4) is 0 Å². The largest absolute Gasteiger partial charge is 0.395 e. The van der Waals surface area contributed by atoms with Crippen molar-refractivity contribution in [1.82, 2.24) is 10.2 Å². The van der Waals surface area contributed by atoms with Crippen molar-refractivity contribution in [1.29, 1.82) is 0 Å². The Balaban J connectivity index is 2.28. The minimum Gasteiger partial charge on any atom is -0.395 e. The maximum Gasteiger partial charge on any atom is 0.0702 e. The van der Waals surface area contributed by atoms with E-state index in [0.717, 1.165) is 32.8 Å². The van der Waals surface area contributed by atoms with E-state index in [1.165, 1.54) is 12.8 Å². The first-order chi connectivity index (χ1) is 7.80. The normalized spacial score (nSPS) is 22.9. The van der Waals surface area contributed by atoms with Crippen LogP contribution in [0.3, 0.4) is 0 Å². The molecule has 4 nitrogen and oxygen atoms in total. The standard InChI is InChI=1S/C12H26N2O2/c1-3-13-11(10-15)8-14(4-2)9-12-6-5-7-16-12/h11-13,15H,3-10H2,1-2H3. The first-order valence-electron chi connectivity index (χ1n) is 6.48. The Bertz CT molecular complexity index is 172. The average molecular weight is 230 g/mol. The first kappa shape index (κ1) is 13.9. The summed E-state index contributed by atoms with van der Waals surface area (Å²) in [6, 6.07) is 0.186. The Morgan fingerprint density at radius 1 is 1.50 bits per heavy atom. The number of hydrogen-bond acceptors (Lipinski definition) is 4. The van der Waals surface area contributed by atoms with E-state index in [1.54, 1.807) is 0 Å². The molecule has 1 aliphatic rings. The van der Waals surface area contributed by atoms with Crippen molar-refractivity contribution >= 4 is 0 Å². The lowest BCUT2D eigenvalue weighted by Crippen LogP contribution is -2.45. The number of likely N-dealkylation sites (N-methyl/N-ethyl adjacent to an activating group) is 2. The van der Waals surface area contributed by atoms with Gasteiger partial charge in [-0.2, -0.15) is 0 Å². The van der Waals surface area contributed by atoms with Gasteiger partial charge in [0.05, 0.1) is 12.7 Å². The molecule has 0 aromatic heterocycles. The summed E-state index contributed by atoms with van der Waals surface area (Å²) < 4.78 is 5.64. The quantitative estimate of drug-likeness (QED) is 0.636. The van der Waals surface area contributed by atoms with Crippen LogP contribution in [-0.2, 0) is 4.74 Å². The molecule has 0 saturated carbocycles. The second-order valence-corrected chi connectivity index (χ2v) is 4.42. The monoisotopic (exact) mass is 230 g/mol. The molecule has 0 aromatic carbocycles. The van der Waals surface area contributed by atoms with E-state index in [-0.39, 0.29) is 12.6 Å². The average Bonchev–Trinajstić information content (AvgIpc) is 2.80. The van der Waals surface area contributed by atoms with E-state index in [0.29, 0.717) is 6.10 Å². The highest BCUT2D eigenvalue weighted by Crippen LogP contribution is 2.13. The van der Waals surface area contributed by atoms with Gasteiger partial charge < -0.3 is 15.2 Å². The van der Waals surface area contributed by atoms with Gasteiger partial charge in [-0.05, 0) is 25.9 Å². The summed E-state index contributed by atoms with van der Waals surface area (Å²) in [5.74, 6) is 0. The summed E-state index contributed by atoms with van der Waals surface area (Å²) in [7, 11) is 0. The molecule has 16 heavy (non-hydrogen) atoms. The summed E-state index contributed by atoms with van der Waals surface area (Å²) in [6.07, 6.45) is 2.78. The highest BCUT2D eigenvalue weighted by molar-refractivity contribution is 4.75. The molecule has 1 saturated heterocycles. The molecule has 4 heteroatoms. The predicted octanol–water partition coefficient (Wildman–Crippen LogP) is 0.458. The lowest BCUT2D eigenvalue weighted by atomic mass is 10.2. The second kappa shape index (κ2) is 8.01. The van der Waals surface area contributed by atoms with Crippen LogP contribution in [0.1, 0.15) is 26.7 Å². The molecule has 0 bridgehead atoms. The molecule has 1 fully saturated rings. The van der Waals surface area contributed by atoms with Crippen LogP contribution in [0.5, 0.6) is 0 Å². The highest BCUT2D eigenvalue weighted by Gasteiger charge is 2.20. The minimum atomic E-state index is 0.186. The van der Waals surface area contributed by atoms with Crippen LogP contribution >= 0.6 is 0 Å². The van der Waals surface area contributed by atoms with E-state index in [2.05, 4.69) is 24.1 Å². The third kappa shape index (κ3) is 4.78. The number of aliphatic hydroxyl groups is 1. The maximum atomic E-state index is 9.24. The number of hydrogen-bond donors (Lipinski definition) is 2. The third-order valence-corrected chi connectivity index (χ3v) is 3.12. The molecular weight excluding hydrogens is 204 g/mol. The maximum absolute atomic E-state index is 9.24. The molecule has 1 heterocycles. The molecule has 2 unspecified atom stereocenters. The van der Waals surface area contributed by atoms with Crippen molar-refractivity contribution < 1.29 is 9.84 Å². The van der Waals surface area contributed by atoms with Gasteiger partial charge in [0.15, 0.2) is 0 Å². The topological polar surface area (TPSA) is 44.7 Å². The predicted molar refractivity (Wildman–Crippen MR) is 65.6 cm³/mol. The second-order valence-electron chi connectivity index (χ2n) is 4.42. The van der Waals surface area contributed by atoms with Crippen molar-refractivity contribution in [3.63, 3.8) is 0 Å². The Morgan fingerprint density at radius 3 is 2.81 bits per heavy atom. The van der Waals surface area contributed by atoms with Crippen LogP contribution in [0.2, 0.25) is 0 Å². The zero-order valence-electron chi connectivity index (χ0n) is 10.6. The van der Waals surface area contributed by atoms with Crippen molar-refractivity contribution in [2.45, 2.75) is 38.8 Å². The van der Waals surface area contributed by atoms with E-state index in [9.17, 15) is 5.11 Å². The lowest BCUT2D eigenvalue weighted by Gasteiger charge is -2.27. The molecule has 0 spiro atoms. The molecular formula is C12H26N2O2. The summed E-state index contributed by atoms with van der Waals surface area (Å²) in [5.41, 5.74) is 0. The van der Waals surface area contributed by atoms with Crippen LogP contribution in [0.15, 0.2) is 0 Å². The Labute approximate surface area is 99.0 Å². The minimum absolute atomic E-state index is 0.186. The van der Waals surface area contributed by atoms with Crippen LogP contribution < -0.4 is 5.32 Å². The van der Waals surface area contributed by atoms with Gasteiger partial charge in [-0.25, -0.2) is 0 Å². The fraction of sp³-hybridized carbons (Fsp3) is 1.00. The summed E-state index contributed by atoms with van der Waals surface area (Å²) >= 11 is 0. The van der Waals surface area contributed by atoms with Gasteiger partial charge in [-0.15, -0.1) is 0 Å². The Morgan fingerprint density at radius 2 is 2.31 bits per heavy atom. The van der Waals surface area contributed by atoms with Gasteiger partial charge in [-0.1, -0.05) is 13.8 Å². The number of ether oxygens (including phenoxy) is 1. The summed E-state index contributed by atoms with van der Waals surface area (Å²) in [4.78, 5) is 2.36. The van der Waals surface area contributed by atoms with Crippen molar-refractivity contribution in [2.24, 2.45) is 0 Å². The molecule has 96 valence electrons. The van der Waals surface area contributed by atoms with Crippen LogP contribution in [0.4, 0.5) is 0 Å². The smallest absolute Gasteiger partial charge is 0.0702 e. The molecule has 2 atom stereocenters. The zero-order valence-corrected chi connectivity index (χ0v) is 10.6. The number of rotatable bonds is 8. The molecule has 1 rings (SSSR count). The molecule has 0 aromatic rings. The van der Waals surface area contributed by atoms with Gasteiger partial charge in [0.2, 0.25) is 0 Å². The molecule has 2 N–H and O–H groups in total. The van der Waals surface area contributed by atoms with Crippen molar-refractivity contribution in [3.05, 3.63) is 0 Å². The van der Waals surface area contributed by atoms with E-state index < -0.39 is 0 Å². The number of nitrogens with one attached hydrogen (secondary N) is 1. The molecule has 0 aliphatic carbocycles. The van der Waals surface area contributed by atoms with E-state index in [4.69, 9.17) is 4.74 Å². The summed E-state index contributed by atoms with van der Waals surface area (Å²) in [5, 5.41) is 12.5. The molecule has 1 aliphatic heterocycles. The number of aliphatic hydroxyl groups excluding tert-OH is 1. The SMILES string of the molecule is CCNC(CO)CN(CC)CC1CCCO1. The van der Waals surface area contributed by atoms with Gasteiger partial charge >= 0.3 is 0 Å². The van der Waals surface area contributed by atoms with Crippen LogP contribution in [0.25, 0.3) is 0 Å². The highest BCUT2D eigenvalue weighted by atomic mass is 16.5. The van der Waals surface area contributed by atoms with Gasteiger partial charge in [0.25, 0.3) is 0 Å². The lowest BCUT2D eigenvalue weighted by molar-refractivity contribution is 0.0680. The first-order valence-corrected chi connectivity index (χ1v) is 6.48. The Kier molecular flexibility index (Phi) is 6.96. The van der Waals surface area contributed by atoms with Crippen molar-refractivity contribution in [2.75, 3.05) is 39.4 Å². The van der Waals surface area contributed by atoms with Crippen LogP contribution in [0, 0.1) is 0 Å². The van der Waals surface area contributed by atoms with Crippen LogP contribution in [-0.4, -0.2) is 61.5 Å². The number of nitrogens with zero attached hydrogens (tertiary/aromatic N) is 1. The zero-order chi connectivity index (χ0) is 11.8. The summed E-state index contributed by atoms with van der Waals surface area (Å²) in [6.45, 7) is 9.17. The fourth-order valence-electron chi connectivity index (χ4n) is 2.20. The van der Waals surface area contributed by atoms with Gasteiger partial charge in [0, 0.05) is 25.7 Å². The third-order valence-electron chi connectivity index (χ3n) is 3.12. The van der Waals surface area contributed by atoms with E-state index >= 15 is 0 Å². The van der Waals surface area contributed by atoms with Gasteiger partial charge in [-0.3, -0.25) is 4.90 Å². The molecule has 0 amide bonds. The molecule has 0 radical (unpaired) electrons. The fourth-order valence-corrected chi connectivity index (χ4v) is 2.20.